The van der Waals surface area contributed by atoms with Crippen LogP contribution in [0.2, 0.25) is 0 Å². The predicted molar refractivity (Wildman–Crippen MR) is 140 cm³/mol. The van der Waals surface area contributed by atoms with Crippen LogP contribution in [0.5, 0.6) is 0 Å². The zero-order chi connectivity index (χ0) is 27.8. The quantitative estimate of drug-likeness (QED) is 0.131. The van der Waals surface area contributed by atoms with E-state index in [1.54, 1.807) is 0 Å². The normalized spacial score (nSPS) is 10.9. The van der Waals surface area contributed by atoms with E-state index >= 15 is 0 Å². The standard InChI is InChI=1S/C28H43NO9/c30-25(29-24(21-36-18-16-26(31)32)22-37-19-17-27(33)34)14-10-5-3-1-2-4-6-11-15-28(35)38-20-23-12-8-7-9-13-23/h7-9,12-13,24H,1-6,10-11,14-22H2,(H,29,30)(H,31,32)(H,33,34). The van der Waals surface area contributed by atoms with Crippen LogP contribution >= 0.6 is 0 Å². The lowest BCUT2D eigenvalue weighted by Crippen LogP contribution is -2.41. The van der Waals surface area contributed by atoms with Crippen molar-refractivity contribution in [2.45, 2.75) is 89.7 Å². The highest BCUT2D eigenvalue weighted by Crippen LogP contribution is 2.11. The minimum atomic E-state index is -0.970. The number of nitrogens with one attached hydrogen (secondary N) is 1. The second-order valence-corrected chi connectivity index (χ2v) is 9.18. The van der Waals surface area contributed by atoms with Gasteiger partial charge in [0, 0.05) is 12.8 Å². The molecule has 0 aliphatic heterocycles. The van der Waals surface area contributed by atoms with Gasteiger partial charge in [-0.15, -0.1) is 0 Å². The van der Waals surface area contributed by atoms with Gasteiger partial charge in [-0.05, 0) is 18.4 Å². The van der Waals surface area contributed by atoms with Crippen molar-refractivity contribution >= 4 is 23.8 Å². The van der Waals surface area contributed by atoms with Crippen LogP contribution in [0.1, 0.15) is 82.6 Å². The molecule has 0 unspecified atom stereocenters. The van der Waals surface area contributed by atoms with Gasteiger partial charge in [0.1, 0.15) is 6.61 Å². The molecule has 0 saturated carbocycles. The Morgan fingerprint density at radius 1 is 0.684 bits per heavy atom. The predicted octanol–water partition coefficient (Wildman–Crippen LogP) is 4.10. The fourth-order valence-corrected chi connectivity index (χ4v) is 3.63. The molecule has 0 bridgehead atoms. The highest BCUT2D eigenvalue weighted by Gasteiger charge is 2.14. The number of benzene rings is 1. The molecule has 0 spiro atoms. The molecular weight excluding hydrogens is 494 g/mol. The summed E-state index contributed by atoms with van der Waals surface area (Å²) in [6.07, 6.45) is 8.33. The van der Waals surface area contributed by atoms with Crippen molar-refractivity contribution in [1.82, 2.24) is 5.32 Å². The summed E-state index contributed by atoms with van der Waals surface area (Å²) in [4.78, 5) is 45.3. The number of ether oxygens (including phenoxy) is 3. The molecule has 0 saturated heterocycles. The second kappa shape index (κ2) is 22.0. The lowest BCUT2D eigenvalue weighted by Gasteiger charge is -2.19. The lowest BCUT2D eigenvalue weighted by molar-refractivity contribution is -0.145. The average molecular weight is 538 g/mol. The van der Waals surface area contributed by atoms with Crippen molar-refractivity contribution in [1.29, 1.82) is 0 Å². The van der Waals surface area contributed by atoms with Crippen LogP contribution in [0.3, 0.4) is 0 Å². The number of carboxylic acids is 2. The van der Waals surface area contributed by atoms with Gasteiger partial charge in [0.2, 0.25) is 5.91 Å². The highest BCUT2D eigenvalue weighted by molar-refractivity contribution is 5.76. The Balaban J connectivity index is 2.05. The summed E-state index contributed by atoms with van der Waals surface area (Å²) in [5.41, 5.74) is 0.988. The molecule has 1 aromatic rings. The van der Waals surface area contributed by atoms with Gasteiger partial charge in [-0.25, -0.2) is 0 Å². The van der Waals surface area contributed by atoms with Crippen LogP contribution in [0, 0.1) is 0 Å². The third-order valence-corrected chi connectivity index (χ3v) is 5.70. The maximum atomic E-state index is 12.3. The van der Waals surface area contributed by atoms with Crippen molar-refractivity contribution < 1.29 is 43.6 Å². The van der Waals surface area contributed by atoms with Gasteiger partial charge in [0.15, 0.2) is 0 Å². The number of rotatable bonds is 24. The summed E-state index contributed by atoms with van der Waals surface area (Å²) in [7, 11) is 0. The first kappa shape index (κ1) is 33.0. The van der Waals surface area contributed by atoms with Gasteiger partial charge in [-0.2, -0.15) is 0 Å². The van der Waals surface area contributed by atoms with E-state index < -0.39 is 18.0 Å². The van der Waals surface area contributed by atoms with Crippen LogP contribution in [-0.2, 0) is 40.0 Å². The molecule has 0 aliphatic carbocycles. The van der Waals surface area contributed by atoms with E-state index in [-0.39, 0.29) is 51.1 Å². The van der Waals surface area contributed by atoms with Crippen LogP contribution in [0.25, 0.3) is 0 Å². The van der Waals surface area contributed by atoms with Gasteiger partial charge >= 0.3 is 17.9 Å². The molecule has 0 aliphatic rings. The maximum absolute atomic E-state index is 12.3. The zero-order valence-corrected chi connectivity index (χ0v) is 22.2. The Hall–Kier alpha value is -2.98. The molecule has 0 heterocycles. The van der Waals surface area contributed by atoms with Gasteiger partial charge in [0.25, 0.3) is 0 Å². The first-order valence-corrected chi connectivity index (χ1v) is 13.4. The maximum Gasteiger partial charge on any atom is 0.306 e. The molecule has 38 heavy (non-hydrogen) atoms. The molecule has 0 aromatic heterocycles. The highest BCUT2D eigenvalue weighted by atomic mass is 16.5. The molecular formula is C28H43NO9. The Morgan fingerprint density at radius 2 is 1.18 bits per heavy atom. The van der Waals surface area contributed by atoms with Crippen molar-refractivity contribution in [3.63, 3.8) is 0 Å². The fourth-order valence-electron chi connectivity index (χ4n) is 3.63. The van der Waals surface area contributed by atoms with Crippen LogP contribution < -0.4 is 5.32 Å². The van der Waals surface area contributed by atoms with Gasteiger partial charge in [0.05, 0.1) is 45.3 Å². The number of hydrogen-bond acceptors (Lipinski definition) is 7. The van der Waals surface area contributed by atoms with Crippen molar-refractivity contribution in [2.24, 2.45) is 0 Å². The SMILES string of the molecule is O=C(O)CCOCC(COCCC(=O)O)NC(=O)CCCCCCCCCCC(=O)OCc1ccccc1. The molecule has 1 amide bonds. The zero-order valence-electron chi connectivity index (χ0n) is 22.2. The number of carbonyl (C=O) groups excluding carboxylic acids is 2. The third-order valence-electron chi connectivity index (χ3n) is 5.70. The molecule has 10 nitrogen and oxygen atoms in total. The number of amides is 1. The Labute approximate surface area is 225 Å². The Kier molecular flexibility index (Phi) is 19.2. The van der Waals surface area contributed by atoms with Gasteiger partial charge < -0.3 is 29.7 Å². The summed E-state index contributed by atoms with van der Waals surface area (Å²) in [6.45, 7) is 0.553. The summed E-state index contributed by atoms with van der Waals surface area (Å²) in [5.74, 6) is -2.24. The second-order valence-electron chi connectivity index (χ2n) is 9.18. The van der Waals surface area contributed by atoms with Crippen LogP contribution in [-0.4, -0.2) is 66.5 Å². The number of hydrogen-bond donors (Lipinski definition) is 3. The van der Waals surface area contributed by atoms with Crippen LogP contribution in [0.15, 0.2) is 30.3 Å². The largest absolute Gasteiger partial charge is 0.481 e. The molecule has 10 heteroatoms. The van der Waals surface area contributed by atoms with E-state index in [2.05, 4.69) is 5.32 Å². The topological polar surface area (TPSA) is 148 Å². The number of aliphatic carboxylic acids is 2. The molecule has 1 aromatic carbocycles. The molecule has 0 fully saturated rings. The average Bonchev–Trinajstić information content (AvgIpc) is 2.89. The summed E-state index contributed by atoms with van der Waals surface area (Å²) in [5, 5.41) is 20.2. The summed E-state index contributed by atoms with van der Waals surface area (Å²) in [6, 6.07) is 9.16. The number of esters is 1. The van der Waals surface area contributed by atoms with E-state index in [0.717, 1.165) is 56.9 Å². The third kappa shape index (κ3) is 20.1. The monoisotopic (exact) mass is 537 g/mol. The van der Waals surface area contributed by atoms with Gasteiger partial charge in [-0.3, -0.25) is 19.2 Å². The van der Waals surface area contributed by atoms with Gasteiger partial charge in [-0.1, -0.05) is 68.9 Å². The van der Waals surface area contributed by atoms with Crippen molar-refractivity contribution in [3.8, 4) is 0 Å². The molecule has 1 rings (SSSR count). The number of carboxylic acid groups (broad SMARTS) is 2. The number of unbranched alkanes of at least 4 members (excludes halogenated alkanes) is 7. The van der Waals surface area contributed by atoms with E-state index in [4.69, 9.17) is 24.4 Å². The van der Waals surface area contributed by atoms with E-state index in [0.29, 0.717) is 19.4 Å². The minimum Gasteiger partial charge on any atom is -0.481 e. The minimum absolute atomic E-state index is 0.0230. The molecule has 0 radical (unpaired) electrons. The summed E-state index contributed by atoms with van der Waals surface area (Å²) >= 11 is 0. The molecule has 0 atom stereocenters. The van der Waals surface area contributed by atoms with E-state index in [1.165, 1.54) is 0 Å². The molecule has 214 valence electrons. The van der Waals surface area contributed by atoms with Crippen molar-refractivity contribution in [2.75, 3.05) is 26.4 Å². The Bertz CT molecular complexity index is 779. The number of carbonyl (C=O) groups is 4. The van der Waals surface area contributed by atoms with Crippen LogP contribution in [0.4, 0.5) is 0 Å². The first-order chi connectivity index (χ1) is 18.4. The lowest BCUT2D eigenvalue weighted by atomic mass is 10.1. The van der Waals surface area contributed by atoms with Crippen molar-refractivity contribution in [3.05, 3.63) is 35.9 Å². The smallest absolute Gasteiger partial charge is 0.306 e. The fraction of sp³-hybridized carbons (Fsp3) is 0.643. The Morgan fingerprint density at radius 3 is 1.71 bits per heavy atom. The first-order valence-electron chi connectivity index (χ1n) is 13.4. The molecule has 3 N–H and O–H groups in total. The van der Waals surface area contributed by atoms with E-state index in [9.17, 15) is 19.2 Å². The van der Waals surface area contributed by atoms with E-state index in [1.807, 2.05) is 30.3 Å². The summed E-state index contributed by atoms with van der Waals surface area (Å²) < 4.78 is 15.9.